The highest BCUT2D eigenvalue weighted by Gasteiger charge is 2.42. The number of benzene rings is 2. The molecule has 1 aliphatic rings. The smallest absolute Gasteiger partial charge is 0.491 e. The molecule has 0 bridgehead atoms. The molecule has 0 spiro atoms. The van der Waals surface area contributed by atoms with E-state index in [4.69, 9.17) is 4.74 Å². The number of carbonyl (C=O) groups is 1. The number of ether oxygens (including phenoxy) is 2. The van der Waals surface area contributed by atoms with Crippen molar-refractivity contribution < 1.29 is 35.9 Å². The van der Waals surface area contributed by atoms with E-state index in [0.29, 0.717) is 33.8 Å². The summed E-state index contributed by atoms with van der Waals surface area (Å²) in [6.45, 7) is 5.47. The van der Waals surface area contributed by atoms with Crippen LogP contribution in [0.4, 0.5) is 13.2 Å². The molecule has 12 heteroatoms. The van der Waals surface area contributed by atoms with Gasteiger partial charge in [-0.2, -0.15) is 13.2 Å². The van der Waals surface area contributed by atoms with Gasteiger partial charge in [0.2, 0.25) is 5.88 Å². The van der Waals surface area contributed by atoms with Gasteiger partial charge >= 0.3 is 12.1 Å². The fourth-order valence-electron chi connectivity index (χ4n) is 3.99. The van der Waals surface area contributed by atoms with Crippen LogP contribution in [-0.4, -0.2) is 62.2 Å². The van der Waals surface area contributed by atoms with Crippen LogP contribution in [0.1, 0.15) is 12.5 Å². The molecule has 188 valence electrons. The Hall–Kier alpha value is -3.09. The van der Waals surface area contributed by atoms with Crippen LogP contribution in [0.25, 0.3) is 10.9 Å². The fraction of sp³-hybridized carbons (Fsp3) is 0.348. The molecule has 0 aliphatic carbocycles. The van der Waals surface area contributed by atoms with Crippen molar-refractivity contribution in [3.63, 3.8) is 0 Å². The summed E-state index contributed by atoms with van der Waals surface area (Å²) in [6.07, 6.45) is -5.31. The molecule has 2 aromatic carbocycles. The van der Waals surface area contributed by atoms with Crippen molar-refractivity contribution in [3.8, 4) is 11.6 Å². The Morgan fingerprint density at radius 1 is 1.09 bits per heavy atom. The lowest BCUT2D eigenvalue weighted by Crippen LogP contribution is -2.42. The van der Waals surface area contributed by atoms with Crippen LogP contribution in [0.15, 0.2) is 53.4 Å². The Balaban J connectivity index is 1.94. The summed E-state index contributed by atoms with van der Waals surface area (Å²) < 4.78 is 77.1. The third kappa shape index (κ3) is 5.14. The van der Waals surface area contributed by atoms with Crippen LogP contribution >= 0.6 is 0 Å². The van der Waals surface area contributed by atoms with Crippen LogP contribution in [0.5, 0.6) is 11.6 Å². The van der Waals surface area contributed by atoms with E-state index in [1.165, 1.54) is 30.3 Å². The number of aromatic nitrogens is 1. The monoisotopic (exact) mass is 511 g/mol. The van der Waals surface area contributed by atoms with E-state index < -0.39 is 28.0 Å². The van der Waals surface area contributed by atoms with Gasteiger partial charge in [-0.15, -0.1) is 0 Å². The molecule has 1 N–H and O–H groups in total. The molecule has 4 rings (SSSR count). The van der Waals surface area contributed by atoms with Gasteiger partial charge in [0.05, 0.1) is 17.0 Å². The molecular weight excluding hydrogens is 487 g/mol. The standard InChI is InChI=1S/C23H24F3N3O5S/c1-2-33-20-9-8-19-17(18(20)15-28-12-10-27-11-13-28)14-21(34-22(30)23(24,25)26)29(19)35(31,32)16-6-4-3-5-7-16/h3-9,14,27H,2,10-13,15H2,1H3. The minimum absolute atomic E-state index is 0.0763. The van der Waals surface area contributed by atoms with Gasteiger partial charge in [-0.25, -0.2) is 17.2 Å². The molecule has 8 nitrogen and oxygen atoms in total. The first-order chi connectivity index (χ1) is 16.6. The Morgan fingerprint density at radius 3 is 2.40 bits per heavy atom. The Kier molecular flexibility index (Phi) is 7.06. The van der Waals surface area contributed by atoms with E-state index in [-0.39, 0.29) is 10.4 Å². The van der Waals surface area contributed by atoms with Gasteiger partial charge in [0.25, 0.3) is 10.0 Å². The van der Waals surface area contributed by atoms with E-state index in [9.17, 15) is 26.4 Å². The van der Waals surface area contributed by atoms with Crippen molar-refractivity contribution in [1.29, 1.82) is 0 Å². The quantitative estimate of drug-likeness (QED) is 0.488. The zero-order valence-electron chi connectivity index (χ0n) is 18.8. The normalized spacial score (nSPS) is 15.3. The number of carbonyl (C=O) groups excluding carboxylic acids is 1. The second-order valence-electron chi connectivity index (χ2n) is 7.89. The first-order valence-electron chi connectivity index (χ1n) is 11.0. The van der Waals surface area contributed by atoms with E-state index >= 15 is 0 Å². The number of nitrogens with one attached hydrogen (secondary N) is 1. The summed E-state index contributed by atoms with van der Waals surface area (Å²) in [5.74, 6) is -2.79. The highest BCUT2D eigenvalue weighted by molar-refractivity contribution is 7.90. The van der Waals surface area contributed by atoms with Gasteiger partial charge in [0.15, 0.2) is 0 Å². The summed E-state index contributed by atoms with van der Waals surface area (Å²) in [5, 5.41) is 3.56. The zero-order chi connectivity index (χ0) is 25.2. The lowest BCUT2D eigenvalue weighted by atomic mass is 10.1. The van der Waals surface area contributed by atoms with E-state index in [1.54, 1.807) is 19.1 Å². The predicted molar refractivity (Wildman–Crippen MR) is 122 cm³/mol. The van der Waals surface area contributed by atoms with Crippen molar-refractivity contribution in [3.05, 3.63) is 54.1 Å². The van der Waals surface area contributed by atoms with Crippen LogP contribution in [0.2, 0.25) is 0 Å². The minimum atomic E-state index is -5.31. The Morgan fingerprint density at radius 2 is 1.77 bits per heavy atom. The molecule has 0 saturated carbocycles. The number of esters is 1. The summed E-state index contributed by atoms with van der Waals surface area (Å²) in [6, 6.07) is 11.4. The largest absolute Gasteiger partial charge is 0.494 e. The van der Waals surface area contributed by atoms with Crippen molar-refractivity contribution in [1.82, 2.24) is 14.2 Å². The molecule has 0 radical (unpaired) electrons. The molecule has 0 unspecified atom stereocenters. The average Bonchev–Trinajstić information content (AvgIpc) is 3.20. The van der Waals surface area contributed by atoms with Crippen molar-refractivity contribution in [2.45, 2.75) is 24.5 Å². The minimum Gasteiger partial charge on any atom is -0.494 e. The number of alkyl halides is 3. The van der Waals surface area contributed by atoms with E-state index in [0.717, 1.165) is 32.2 Å². The number of halogens is 3. The molecule has 2 heterocycles. The Bertz CT molecular complexity index is 1320. The van der Waals surface area contributed by atoms with Gasteiger partial charge in [-0.05, 0) is 31.2 Å². The molecule has 1 aliphatic heterocycles. The lowest BCUT2D eigenvalue weighted by Gasteiger charge is -2.28. The molecule has 3 aromatic rings. The lowest BCUT2D eigenvalue weighted by molar-refractivity contribution is -0.190. The second-order valence-corrected chi connectivity index (χ2v) is 9.67. The predicted octanol–water partition coefficient (Wildman–Crippen LogP) is 3.15. The maximum absolute atomic E-state index is 13.5. The van der Waals surface area contributed by atoms with E-state index in [2.05, 4.69) is 15.0 Å². The van der Waals surface area contributed by atoms with Gasteiger partial charge in [-0.3, -0.25) is 4.90 Å². The van der Waals surface area contributed by atoms with E-state index in [1.807, 2.05) is 0 Å². The summed E-state index contributed by atoms with van der Waals surface area (Å²) in [5.41, 5.74) is 0.671. The number of rotatable bonds is 7. The molecule has 0 amide bonds. The van der Waals surface area contributed by atoms with Crippen molar-refractivity contribution in [2.75, 3.05) is 32.8 Å². The number of piperazine rings is 1. The number of hydrogen-bond acceptors (Lipinski definition) is 7. The van der Waals surface area contributed by atoms with Crippen LogP contribution in [0.3, 0.4) is 0 Å². The summed E-state index contributed by atoms with van der Waals surface area (Å²) >= 11 is 0. The topological polar surface area (TPSA) is 89.9 Å². The molecule has 35 heavy (non-hydrogen) atoms. The highest BCUT2D eigenvalue weighted by atomic mass is 32.2. The number of nitrogens with zero attached hydrogens (tertiary/aromatic N) is 2. The summed E-state index contributed by atoms with van der Waals surface area (Å²) in [4.78, 5) is 13.7. The summed E-state index contributed by atoms with van der Waals surface area (Å²) in [7, 11) is -4.41. The maximum atomic E-state index is 13.5. The maximum Gasteiger partial charge on any atom is 0.491 e. The van der Waals surface area contributed by atoms with Crippen LogP contribution in [-0.2, 0) is 21.4 Å². The van der Waals surface area contributed by atoms with Crippen molar-refractivity contribution in [2.24, 2.45) is 0 Å². The zero-order valence-corrected chi connectivity index (χ0v) is 19.7. The molecular formula is C23H24F3N3O5S. The number of hydrogen-bond donors (Lipinski definition) is 1. The first kappa shape index (κ1) is 25.0. The highest BCUT2D eigenvalue weighted by Crippen LogP contribution is 2.37. The van der Waals surface area contributed by atoms with Crippen molar-refractivity contribution >= 4 is 26.9 Å². The van der Waals surface area contributed by atoms with Crippen LogP contribution < -0.4 is 14.8 Å². The van der Waals surface area contributed by atoms with Gasteiger partial charge < -0.3 is 14.8 Å². The molecule has 1 fully saturated rings. The fourth-order valence-corrected chi connectivity index (χ4v) is 5.44. The molecule has 0 atom stereocenters. The number of fused-ring (bicyclic) bond motifs is 1. The average molecular weight is 512 g/mol. The van der Waals surface area contributed by atoms with Gasteiger partial charge in [0, 0.05) is 49.7 Å². The SMILES string of the molecule is CCOc1ccc2c(cc(OC(=O)C(F)(F)F)n2S(=O)(=O)c2ccccc2)c1CN1CCNCC1. The van der Waals surface area contributed by atoms with Crippen LogP contribution in [0, 0.1) is 0 Å². The van der Waals surface area contributed by atoms with Gasteiger partial charge in [0.1, 0.15) is 5.75 Å². The van der Waals surface area contributed by atoms with Gasteiger partial charge in [-0.1, -0.05) is 18.2 Å². The molecule has 1 aromatic heterocycles. The Labute approximate surface area is 200 Å². The first-order valence-corrected chi connectivity index (χ1v) is 12.4. The third-order valence-electron chi connectivity index (χ3n) is 5.58. The molecule has 1 saturated heterocycles. The third-order valence-corrected chi connectivity index (χ3v) is 7.30. The second kappa shape index (κ2) is 9.88.